The highest BCUT2D eigenvalue weighted by atomic mass is 16.6. The van der Waals surface area contributed by atoms with E-state index in [4.69, 9.17) is 9.47 Å². The van der Waals surface area contributed by atoms with Crippen LogP contribution >= 0.6 is 0 Å². The van der Waals surface area contributed by atoms with Crippen LogP contribution in [-0.2, 0) is 23.9 Å². The lowest BCUT2D eigenvalue weighted by Gasteiger charge is -2.40. The summed E-state index contributed by atoms with van der Waals surface area (Å²) >= 11 is 0. The molecule has 1 N–H and O–H groups in total. The Morgan fingerprint density at radius 3 is 2.58 bits per heavy atom. The number of likely N-dealkylation sites (tertiary alicyclic amines) is 1. The van der Waals surface area contributed by atoms with Crippen LogP contribution in [0.4, 0.5) is 0 Å². The van der Waals surface area contributed by atoms with Crippen molar-refractivity contribution in [3.63, 3.8) is 0 Å². The predicted octanol–water partition coefficient (Wildman–Crippen LogP) is 3.17. The maximum Gasteiger partial charge on any atom is 0.313 e. The van der Waals surface area contributed by atoms with Gasteiger partial charge in [-0.1, -0.05) is 74.4 Å². The smallest absolute Gasteiger partial charge is 0.313 e. The number of nitrogens with zero attached hydrogens (tertiary/aromatic N) is 2. The summed E-state index contributed by atoms with van der Waals surface area (Å²) in [5, 5.41) is 10.6. The SMILES string of the molecule is CCCCCN1CC=C[C@]23O[C@@]4(C)/C=C\CCCOC(=O)[C@H]4[C@H]2C(=O)N([C@H](CO)c2ccccc2)C3C1=O. The third kappa shape index (κ3) is 4.28. The fraction of sp³-hybridized carbons (Fsp3) is 0.567. The lowest BCUT2D eigenvalue weighted by molar-refractivity contribution is -0.161. The molecule has 2 amide bonds. The summed E-state index contributed by atoms with van der Waals surface area (Å²) in [6.07, 6.45) is 11.9. The standard InChI is InChI=1S/C30H38N2O6/c1-3-4-10-17-31-18-12-16-30-23(24-28(36)37-19-11-6-9-15-29(24,2)38-30)26(34)32(25(30)27(31)35)22(20-33)21-13-7-5-8-14-21/h5,7-9,12-16,22-25,33H,3-4,6,10-11,17-20H2,1-2H3/b15-9-/t22-,23+,24-,25?,29+,30+/m1/s1. The zero-order chi connectivity index (χ0) is 26.9. The third-order valence-corrected chi connectivity index (χ3v) is 8.50. The molecular weight excluding hydrogens is 484 g/mol. The first-order chi connectivity index (χ1) is 18.4. The summed E-state index contributed by atoms with van der Waals surface area (Å²) in [6, 6.07) is 7.45. The van der Waals surface area contributed by atoms with Gasteiger partial charge in [0.1, 0.15) is 17.6 Å². The van der Waals surface area contributed by atoms with Gasteiger partial charge in [-0.3, -0.25) is 14.4 Å². The molecule has 1 aromatic rings. The zero-order valence-electron chi connectivity index (χ0n) is 22.3. The third-order valence-electron chi connectivity index (χ3n) is 8.50. The van der Waals surface area contributed by atoms with Crippen molar-refractivity contribution < 1.29 is 29.0 Å². The first kappa shape index (κ1) is 26.6. The van der Waals surface area contributed by atoms with Crippen molar-refractivity contribution >= 4 is 17.8 Å². The summed E-state index contributed by atoms with van der Waals surface area (Å²) in [7, 11) is 0. The molecule has 4 aliphatic rings. The quantitative estimate of drug-likeness (QED) is 0.336. The zero-order valence-corrected chi connectivity index (χ0v) is 22.3. The van der Waals surface area contributed by atoms with Crippen LogP contribution in [0, 0.1) is 11.8 Å². The van der Waals surface area contributed by atoms with Gasteiger partial charge in [0, 0.05) is 13.1 Å². The van der Waals surface area contributed by atoms with E-state index in [9.17, 15) is 19.5 Å². The van der Waals surface area contributed by atoms with Crippen LogP contribution in [-0.4, -0.2) is 76.2 Å². The van der Waals surface area contributed by atoms with E-state index in [2.05, 4.69) is 6.92 Å². The summed E-state index contributed by atoms with van der Waals surface area (Å²) in [4.78, 5) is 45.6. The normalized spacial score (nSPS) is 34.4. The molecule has 1 unspecified atom stereocenters. The van der Waals surface area contributed by atoms with Crippen LogP contribution in [0.15, 0.2) is 54.6 Å². The molecular formula is C30H38N2O6. The largest absolute Gasteiger partial charge is 0.465 e. The topological polar surface area (TPSA) is 96.4 Å². The van der Waals surface area contributed by atoms with E-state index in [1.807, 2.05) is 61.6 Å². The molecule has 5 rings (SSSR count). The molecule has 38 heavy (non-hydrogen) atoms. The Kier molecular flexibility index (Phi) is 7.47. The van der Waals surface area contributed by atoms with Crippen molar-refractivity contribution in [2.75, 3.05) is 26.3 Å². The van der Waals surface area contributed by atoms with Crippen molar-refractivity contribution in [3.8, 4) is 0 Å². The lowest BCUT2D eigenvalue weighted by Crippen LogP contribution is -2.57. The van der Waals surface area contributed by atoms with Gasteiger partial charge < -0.3 is 24.4 Å². The highest BCUT2D eigenvalue weighted by Crippen LogP contribution is 2.58. The van der Waals surface area contributed by atoms with Crippen molar-refractivity contribution in [1.29, 1.82) is 0 Å². The van der Waals surface area contributed by atoms with Gasteiger partial charge in [0.25, 0.3) is 0 Å². The van der Waals surface area contributed by atoms with E-state index in [-0.39, 0.29) is 25.0 Å². The highest BCUT2D eigenvalue weighted by Gasteiger charge is 2.75. The van der Waals surface area contributed by atoms with Crippen LogP contribution in [0.2, 0.25) is 0 Å². The maximum absolute atomic E-state index is 14.5. The number of esters is 1. The number of aliphatic hydroxyl groups excluding tert-OH is 1. The molecule has 204 valence electrons. The van der Waals surface area contributed by atoms with E-state index in [1.165, 1.54) is 4.90 Å². The van der Waals surface area contributed by atoms with Crippen molar-refractivity contribution in [1.82, 2.24) is 9.80 Å². The molecule has 4 aliphatic heterocycles. The molecule has 4 heterocycles. The highest BCUT2D eigenvalue weighted by molar-refractivity contribution is 5.99. The second-order valence-corrected chi connectivity index (χ2v) is 11.0. The van der Waals surface area contributed by atoms with Crippen LogP contribution in [0.3, 0.4) is 0 Å². The Morgan fingerprint density at radius 2 is 1.84 bits per heavy atom. The molecule has 0 radical (unpaired) electrons. The number of rotatable bonds is 7. The second kappa shape index (κ2) is 10.7. The van der Waals surface area contributed by atoms with Crippen LogP contribution in [0.5, 0.6) is 0 Å². The number of hydrogen-bond acceptors (Lipinski definition) is 6. The Morgan fingerprint density at radius 1 is 1.05 bits per heavy atom. The second-order valence-electron chi connectivity index (χ2n) is 11.0. The average molecular weight is 523 g/mol. The van der Waals surface area contributed by atoms with E-state index >= 15 is 0 Å². The van der Waals surface area contributed by atoms with Crippen LogP contribution < -0.4 is 0 Å². The lowest BCUT2D eigenvalue weighted by atomic mass is 9.74. The van der Waals surface area contributed by atoms with Gasteiger partial charge in [-0.25, -0.2) is 0 Å². The van der Waals surface area contributed by atoms with E-state index in [0.29, 0.717) is 19.5 Å². The number of carbonyl (C=O) groups is 3. The fourth-order valence-electron chi connectivity index (χ4n) is 6.74. The van der Waals surface area contributed by atoms with Gasteiger partial charge in [-0.2, -0.15) is 0 Å². The monoisotopic (exact) mass is 522 g/mol. The molecule has 1 aromatic carbocycles. The summed E-state index contributed by atoms with van der Waals surface area (Å²) in [6.45, 7) is 4.78. The predicted molar refractivity (Wildman–Crippen MR) is 141 cm³/mol. The number of aliphatic hydroxyl groups is 1. The number of allylic oxidation sites excluding steroid dienone is 1. The fourth-order valence-corrected chi connectivity index (χ4v) is 6.74. The Hall–Kier alpha value is -2.97. The van der Waals surface area contributed by atoms with Crippen molar-refractivity contribution in [2.24, 2.45) is 11.8 Å². The molecule has 1 spiro atoms. The minimum atomic E-state index is -1.36. The van der Waals surface area contributed by atoms with Crippen LogP contribution in [0.25, 0.3) is 0 Å². The number of fused-ring (bicyclic) bond motifs is 2. The number of hydrogen-bond donors (Lipinski definition) is 1. The first-order valence-electron chi connectivity index (χ1n) is 13.9. The summed E-state index contributed by atoms with van der Waals surface area (Å²) in [5.74, 6) is -2.95. The van der Waals surface area contributed by atoms with Gasteiger partial charge in [-0.05, 0) is 31.7 Å². The molecule has 6 atom stereocenters. The molecule has 8 nitrogen and oxygen atoms in total. The van der Waals surface area contributed by atoms with Crippen LogP contribution in [0.1, 0.15) is 57.6 Å². The molecule has 0 saturated carbocycles. The van der Waals surface area contributed by atoms with Gasteiger partial charge in [0.05, 0.1) is 30.8 Å². The molecule has 2 fully saturated rings. The van der Waals surface area contributed by atoms with Crippen molar-refractivity contribution in [3.05, 3.63) is 60.2 Å². The van der Waals surface area contributed by atoms with Gasteiger partial charge in [0.15, 0.2) is 0 Å². The number of ether oxygens (including phenoxy) is 2. The number of cyclic esters (lactones) is 1. The minimum Gasteiger partial charge on any atom is -0.465 e. The number of carbonyl (C=O) groups excluding carboxylic acids is 3. The van der Waals surface area contributed by atoms with Gasteiger partial charge in [0.2, 0.25) is 11.8 Å². The molecule has 0 bridgehead atoms. The molecule has 0 aliphatic carbocycles. The summed E-state index contributed by atoms with van der Waals surface area (Å²) < 4.78 is 12.4. The number of benzene rings is 1. The van der Waals surface area contributed by atoms with Gasteiger partial charge >= 0.3 is 5.97 Å². The van der Waals surface area contributed by atoms with E-state index in [0.717, 1.165) is 31.2 Å². The van der Waals surface area contributed by atoms with E-state index < -0.39 is 41.1 Å². The number of unbranched alkanes of at least 4 members (excludes halogenated alkanes) is 2. The molecule has 0 aromatic heterocycles. The van der Waals surface area contributed by atoms with Crippen molar-refractivity contribution in [2.45, 2.75) is 69.2 Å². The maximum atomic E-state index is 14.5. The average Bonchev–Trinajstić information content (AvgIpc) is 3.26. The Balaban J connectivity index is 1.65. The first-order valence-corrected chi connectivity index (χ1v) is 13.9. The molecule has 2 saturated heterocycles. The minimum absolute atomic E-state index is 0.219. The molecule has 8 heteroatoms. The Bertz CT molecular complexity index is 1120. The Labute approximate surface area is 224 Å². The summed E-state index contributed by atoms with van der Waals surface area (Å²) in [5.41, 5.74) is -1.76. The van der Waals surface area contributed by atoms with Gasteiger partial charge in [-0.15, -0.1) is 0 Å². The number of amides is 2. The van der Waals surface area contributed by atoms with E-state index in [1.54, 1.807) is 4.90 Å².